The fraction of sp³-hybridized carbons (Fsp3) is 0. The minimum atomic E-state index is -0.642. The third-order valence-corrected chi connectivity index (χ3v) is 2.23. The molecule has 18 heavy (non-hydrogen) atoms. The van der Waals surface area contributed by atoms with Gasteiger partial charge in [0.2, 0.25) is 0 Å². The predicted octanol–water partition coefficient (Wildman–Crippen LogP) is 3.14. The molecule has 6 nitrogen and oxygen atoms in total. The van der Waals surface area contributed by atoms with Crippen LogP contribution in [0.15, 0.2) is 36.5 Å². The number of ether oxygens (including phenoxy) is 1. The van der Waals surface area contributed by atoms with Crippen LogP contribution in [-0.4, -0.2) is 15.0 Å². The average molecular weight is 267 g/mol. The molecule has 1 aromatic carbocycles. The number of hydrogen-bond donors (Lipinski definition) is 1. The van der Waals surface area contributed by atoms with Crippen LogP contribution < -0.4 is 4.74 Å². The van der Waals surface area contributed by atoms with E-state index >= 15 is 0 Å². The van der Waals surface area contributed by atoms with Crippen molar-refractivity contribution in [2.45, 2.75) is 0 Å². The maximum Gasteiger partial charge on any atom is 0.332 e. The molecular formula is C11H7ClN2O4. The largest absolute Gasteiger partial charge is 0.508 e. The summed E-state index contributed by atoms with van der Waals surface area (Å²) in [5.41, 5.74) is -0.342. The van der Waals surface area contributed by atoms with Gasteiger partial charge in [0.05, 0.1) is 16.1 Å². The van der Waals surface area contributed by atoms with Crippen molar-refractivity contribution >= 4 is 17.3 Å². The average Bonchev–Trinajstić information content (AvgIpc) is 2.31. The number of halogens is 1. The molecular weight excluding hydrogens is 260 g/mol. The van der Waals surface area contributed by atoms with Crippen LogP contribution in [0.4, 0.5) is 5.69 Å². The van der Waals surface area contributed by atoms with Gasteiger partial charge in [-0.3, -0.25) is 10.1 Å². The van der Waals surface area contributed by atoms with Crippen LogP contribution in [0.2, 0.25) is 5.02 Å². The number of aromatic hydroxyl groups is 1. The topological polar surface area (TPSA) is 85.5 Å². The van der Waals surface area contributed by atoms with Gasteiger partial charge in [0.1, 0.15) is 11.5 Å². The molecule has 0 radical (unpaired) electrons. The summed E-state index contributed by atoms with van der Waals surface area (Å²) in [5.74, 6) is 0.0482. The van der Waals surface area contributed by atoms with Crippen LogP contribution in [0.25, 0.3) is 0 Å². The van der Waals surface area contributed by atoms with Crippen LogP contribution >= 0.6 is 11.6 Å². The lowest BCUT2D eigenvalue weighted by atomic mass is 10.3. The van der Waals surface area contributed by atoms with Crippen molar-refractivity contribution in [1.82, 2.24) is 4.98 Å². The molecule has 0 atom stereocenters. The molecule has 1 heterocycles. The molecule has 0 aliphatic heterocycles. The van der Waals surface area contributed by atoms with E-state index in [1.165, 1.54) is 18.3 Å². The summed E-state index contributed by atoms with van der Waals surface area (Å²) in [5, 5.41) is 20.2. The Hall–Kier alpha value is -2.34. The van der Waals surface area contributed by atoms with E-state index in [4.69, 9.17) is 16.3 Å². The maximum absolute atomic E-state index is 10.8. The number of nitrogens with zero attached hydrogens (tertiary/aromatic N) is 2. The highest BCUT2D eigenvalue weighted by Gasteiger charge is 2.18. The van der Waals surface area contributed by atoms with E-state index in [1.807, 2.05) is 0 Å². The number of rotatable bonds is 3. The Kier molecular flexibility index (Phi) is 3.29. The van der Waals surface area contributed by atoms with Crippen molar-refractivity contribution in [1.29, 1.82) is 0 Å². The van der Waals surface area contributed by atoms with E-state index in [2.05, 4.69) is 4.98 Å². The molecule has 0 unspecified atom stereocenters. The van der Waals surface area contributed by atoms with E-state index in [0.29, 0.717) is 0 Å². The normalized spacial score (nSPS) is 10.1. The van der Waals surface area contributed by atoms with Crippen molar-refractivity contribution in [2.24, 2.45) is 0 Å². The lowest BCUT2D eigenvalue weighted by Crippen LogP contribution is -1.95. The Labute approximate surface area is 107 Å². The van der Waals surface area contributed by atoms with Gasteiger partial charge in [0.15, 0.2) is 0 Å². The summed E-state index contributed by atoms with van der Waals surface area (Å²) in [7, 11) is 0. The number of benzene rings is 1. The first-order chi connectivity index (χ1) is 8.56. The van der Waals surface area contributed by atoms with E-state index in [-0.39, 0.29) is 28.1 Å². The Morgan fingerprint density at radius 2 is 2.17 bits per heavy atom. The van der Waals surface area contributed by atoms with Gasteiger partial charge in [-0.2, -0.15) is 0 Å². The molecule has 92 valence electrons. The molecule has 2 rings (SSSR count). The Bertz CT molecular complexity index is 603. The quantitative estimate of drug-likeness (QED) is 0.681. The predicted molar refractivity (Wildman–Crippen MR) is 64.1 cm³/mol. The second-order valence-electron chi connectivity index (χ2n) is 3.33. The molecule has 0 aliphatic carbocycles. The fourth-order valence-electron chi connectivity index (χ4n) is 1.28. The second kappa shape index (κ2) is 4.89. The minimum absolute atomic E-state index is 0.0101. The summed E-state index contributed by atoms with van der Waals surface area (Å²) in [6, 6.07) is 7.01. The van der Waals surface area contributed by atoms with Gasteiger partial charge in [-0.15, -0.1) is 0 Å². The van der Waals surface area contributed by atoms with Gasteiger partial charge in [-0.25, -0.2) is 4.98 Å². The first-order valence-corrected chi connectivity index (χ1v) is 5.21. The van der Waals surface area contributed by atoms with Crippen LogP contribution in [-0.2, 0) is 0 Å². The third-order valence-electron chi connectivity index (χ3n) is 2.03. The zero-order chi connectivity index (χ0) is 13.1. The Morgan fingerprint density at radius 3 is 2.83 bits per heavy atom. The van der Waals surface area contributed by atoms with Crippen LogP contribution in [0.1, 0.15) is 0 Å². The summed E-state index contributed by atoms with van der Waals surface area (Å²) >= 11 is 5.63. The van der Waals surface area contributed by atoms with Gasteiger partial charge < -0.3 is 9.84 Å². The molecule has 0 bridgehead atoms. The van der Waals surface area contributed by atoms with E-state index in [1.54, 1.807) is 12.1 Å². The summed E-state index contributed by atoms with van der Waals surface area (Å²) in [6.45, 7) is 0. The minimum Gasteiger partial charge on any atom is -0.508 e. The highest BCUT2D eigenvalue weighted by atomic mass is 35.5. The third kappa shape index (κ3) is 2.67. The first kappa shape index (κ1) is 12.1. The summed E-state index contributed by atoms with van der Waals surface area (Å²) < 4.78 is 5.24. The van der Waals surface area contributed by atoms with Crippen molar-refractivity contribution in [3.63, 3.8) is 0 Å². The van der Waals surface area contributed by atoms with Crippen molar-refractivity contribution in [3.8, 4) is 17.4 Å². The van der Waals surface area contributed by atoms with Crippen molar-refractivity contribution in [3.05, 3.63) is 51.7 Å². The Balaban J connectivity index is 2.37. The number of nitro groups is 1. The number of aromatic nitrogens is 1. The smallest absolute Gasteiger partial charge is 0.332 e. The lowest BCUT2D eigenvalue weighted by Gasteiger charge is -2.05. The van der Waals surface area contributed by atoms with Crippen LogP contribution in [0, 0.1) is 10.1 Å². The maximum atomic E-state index is 10.8. The van der Waals surface area contributed by atoms with Gasteiger partial charge in [-0.1, -0.05) is 17.7 Å². The number of pyridine rings is 1. The molecule has 0 fully saturated rings. The van der Waals surface area contributed by atoms with Crippen molar-refractivity contribution in [2.75, 3.05) is 0 Å². The second-order valence-corrected chi connectivity index (χ2v) is 3.77. The van der Waals surface area contributed by atoms with Gasteiger partial charge in [0, 0.05) is 12.1 Å². The van der Waals surface area contributed by atoms with Gasteiger partial charge in [-0.05, 0) is 12.1 Å². The van der Waals surface area contributed by atoms with Crippen LogP contribution in [0.5, 0.6) is 17.4 Å². The van der Waals surface area contributed by atoms with E-state index < -0.39 is 4.92 Å². The Morgan fingerprint density at radius 1 is 1.39 bits per heavy atom. The van der Waals surface area contributed by atoms with Gasteiger partial charge in [0.25, 0.3) is 5.88 Å². The number of phenols is 1. The highest BCUT2D eigenvalue weighted by Crippen LogP contribution is 2.31. The molecule has 1 aromatic heterocycles. The molecule has 7 heteroatoms. The highest BCUT2D eigenvalue weighted by molar-refractivity contribution is 6.30. The fourth-order valence-corrected chi connectivity index (χ4v) is 1.44. The molecule has 1 N–H and O–H groups in total. The standard InChI is InChI=1S/C11H7ClN2O4/c12-7-4-10(14(16)17)11(13-6-7)18-9-3-1-2-8(15)5-9/h1-6,15H. The first-order valence-electron chi connectivity index (χ1n) is 4.83. The molecule has 0 saturated heterocycles. The molecule has 0 amide bonds. The number of hydrogen-bond acceptors (Lipinski definition) is 5. The van der Waals surface area contributed by atoms with Crippen LogP contribution in [0.3, 0.4) is 0 Å². The molecule has 0 aliphatic rings. The summed E-state index contributed by atoms with van der Waals surface area (Å²) in [4.78, 5) is 13.9. The lowest BCUT2D eigenvalue weighted by molar-refractivity contribution is -0.386. The SMILES string of the molecule is O=[N+]([O-])c1cc(Cl)cnc1Oc1cccc(O)c1. The zero-order valence-electron chi connectivity index (χ0n) is 8.91. The van der Waals surface area contributed by atoms with Gasteiger partial charge >= 0.3 is 5.69 Å². The zero-order valence-corrected chi connectivity index (χ0v) is 9.66. The van der Waals surface area contributed by atoms with E-state index in [0.717, 1.165) is 6.07 Å². The molecule has 2 aromatic rings. The molecule has 0 spiro atoms. The number of phenolic OH excluding ortho intramolecular Hbond substituents is 1. The monoisotopic (exact) mass is 266 g/mol. The summed E-state index contributed by atoms with van der Waals surface area (Å²) in [6.07, 6.45) is 1.24. The van der Waals surface area contributed by atoms with Crippen molar-refractivity contribution < 1.29 is 14.8 Å². The van der Waals surface area contributed by atoms with E-state index in [9.17, 15) is 15.2 Å². The molecule has 0 saturated carbocycles.